The Morgan fingerprint density at radius 3 is 2.52 bits per heavy atom. The van der Waals surface area contributed by atoms with Gasteiger partial charge in [-0.3, -0.25) is 0 Å². The number of nitrogens with one attached hydrogen (secondary N) is 1. The Labute approximate surface area is 135 Å². The number of halogens is 1. The fourth-order valence-corrected chi connectivity index (χ4v) is 2.88. The van der Waals surface area contributed by atoms with Crippen molar-refractivity contribution in [2.45, 2.75) is 32.4 Å². The van der Waals surface area contributed by atoms with E-state index in [4.69, 9.17) is 4.74 Å². The number of hydrogen-bond acceptors (Lipinski definition) is 2. The van der Waals surface area contributed by atoms with Crippen LogP contribution >= 0.6 is 15.9 Å². The first-order valence-electron chi connectivity index (χ1n) is 7.31. The van der Waals surface area contributed by atoms with Gasteiger partial charge in [0, 0.05) is 28.9 Å². The summed E-state index contributed by atoms with van der Waals surface area (Å²) in [6, 6.07) is 17.3. The summed E-state index contributed by atoms with van der Waals surface area (Å²) < 4.78 is 6.40. The molecular weight excluding hydrogens is 326 g/mol. The normalized spacial score (nSPS) is 12.1. The fraction of sp³-hybridized carbons (Fsp3) is 0.333. The molecule has 0 aliphatic rings. The number of hydrogen-bond donors (Lipinski definition) is 1. The van der Waals surface area contributed by atoms with Crippen LogP contribution in [0.2, 0.25) is 0 Å². The zero-order valence-corrected chi connectivity index (χ0v) is 14.2. The molecule has 0 heterocycles. The van der Waals surface area contributed by atoms with E-state index in [1.165, 1.54) is 11.1 Å². The zero-order valence-electron chi connectivity index (χ0n) is 12.6. The lowest BCUT2D eigenvalue weighted by molar-refractivity contribution is 0.185. The van der Waals surface area contributed by atoms with Crippen molar-refractivity contribution in [1.29, 1.82) is 0 Å². The predicted molar refractivity (Wildman–Crippen MR) is 92.7 cm³/mol. The summed E-state index contributed by atoms with van der Waals surface area (Å²) in [5, 5.41) is 3.66. The second-order valence-electron chi connectivity index (χ2n) is 5.14. The minimum atomic E-state index is 0.414. The lowest BCUT2D eigenvalue weighted by atomic mass is 10.0. The molecule has 0 spiro atoms. The van der Waals surface area contributed by atoms with Crippen LogP contribution in [0.3, 0.4) is 0 Å². The van der Waals surface area contributed by atoms with Crippen LogP contribution in [0.15, 0.2) is 53.0 Å². The minimum Gasteiger partial charge on any atom is -0.382 e. The first-order valence-corrected chi connectivity index (χ1v) is 8.10. The molecule has 0 aliphatic carbocycles. The second kappa shape index (κ2) is 8.20. The molecule has 0 saturated carbocycles. The van der Waals surface area contributed by atoms with E-state index in [0.717, 1.165) is 23.0 Å². The Bertz CT molecular complexity index is 556. The van der Waals surface area contributed by atoms with Crippen molar-refractivity contribution in [3.05, 3.63) is 64.1 Å². The summed E-state index contributed by atoms with van der Waals surface area (Å²) in [5.74, 6) is 0. The highest BCUT2D eigenvalue weighted by atomic mass is 79.9. The van der Waals surface area contributed by atoms with Gasteiger partial charge < -0.3 is 10.1 Å². The third-order valence-electron chi connectivity index (χ3n) is 3.58. The van der Waals surface area contributed by atoms with Crippen molar-refractivity contribution in [3.63, 3.8) is 0 Å². The van der Waals surface area contributed by atoms with Crippen molar-refractivity contribution in [2.75, 3.05) is 12.4 Å². The van der Waals surface area contributed by atoms with Crippen LogP contribution in [0.5, 0.6) is 0 Å². The SMILES string of the molecule is CCC(Cc1ccccc1)Nc1cccc(Br)c1COC. The maximum absolute atomic E-state index is 5.31. The molecule has 2 aromatic carbocycles. The molecule has 2 aromatic rings. The smallest absolute Gasteiger partial charge is 0.0744 e. The molecule has 21 heavy (non-hydrogen) atoms. The van der Waals surface area contributed by atoms with Gasteiger partial charge >= 0.3 is 0 Å². The highest BCUT2D eigenvalue weighted by Gasteiger charge is 2.11. The third-order valence-corrected chi connectivity index (χ3v) is 4.33. The maximum atomic E-state index is 5.31. The molecule has 0 radical (unpaired) electrons. The molecular formula is C18H22BrNO. The molecule has 1 unspecified atom stereocenters. The zero-order chi connectivity index (χ0) is 15.1. The highest BCUT2D eigenvalue weighted by molar-refractivity contribution is 9.10. The molecule has 0 aliphatic heterocycles. The van der Waals surface area contributed by atoms with Crippen molar-refractivity contribution in [1.82, 2.24) is 0 Å². The molecule has 0 aromatic heterocycles. The largest absolute Gasteiger partial charge is 0.382 e. The minimum absolute atomic E-state index is 0.414. The van der Waals surface area contributed by atoms with E-state index in [2.05, 4.69) is 76.7 Å². The van der Waals surface area contributed by atoms with Crippen LogP contribution in [-0.2, 0) is 17.8 Å². The summed E-state index contributed by atoms with van der Waals surface area (Å²) in [6.45, 7) is 2.82. The topological polar surface area (TPSA) is 21.3 Å². The van der Waals surface area contributed by atoms with Crippen LogP contribution in [0.4, 0.5) is 5.69 Å². The molecule has 3 heteroatoms. The van der Waals surface area contributed by atoms with Crippen LogP contribution in [0.1, 0.15) is 24.5 Å². The monoisotopic (exact) mass is 347 g/mol. The van der Waals surface area contributed by atoms with Gasteiger partial charge in [0.1, 0.15) is 0 Å². The van der Waals surface area contributed by atoms with Gasteiger partial charge in [0.05, 0.1) is 6.61 Å². The van der Waals surface area contributed by atoms with Gasteiger partial charge in [0.2, 0.25) is 0 Å². The van der Waals surface area contributed by atoms with Gasteiger partial charge in [0.25, 0.3) is 0 Å². The Hall–Kier alpha value is -1.32. The highest BCUT2D eigenvalue weighted by Crippen LogP contribution is 2.27. The Balaban J connectivity index is 2.13. The van der Waals surface area contributed by atoms with E-state index in [-0.39, 0.29) is 0 Å². The van der Waals surface area contributed by atoms with E-state index in [9.17, 15) is 0 Å². The molecule has 1 atom stereocenters. The number of anilines is 1. The van der Waals surface area contributed by atoms with E-state index >= 15 is 0 Å². The second-order valence-corrected chi connectivity index (χ2v) is 5.99. The predicted octanol–water partition coefficient (Wildman–Crippen LogP) is 5.03. The summed E-state index contributed by atoms with van der Waals surface area (Å²) >= 11 is 3.61. The molecule has 0 amide bonds. The first-order chi connectivity index (χ1) is 10.2. The Morgan fingerprint density at radius 2 is 1.86 bits per heavy atom. The molecule has 0 fully saturated rings. The molecule has 0 saturated heterocycles. The van der Waals surface area contributed by atoms with Gasteiger partial charge in [-0.15, -0.1) is 0 Å². The summed E-state index contributed by atoms with van der Waals surface area (Å²) in [7, 11) is 1.73. The Kier molecular flexibility index (Phi) is 6.27. The quantitative estimate of drug-likeness (QED) is 0.758. The Morgan fingerprint density at radius 1 is 1.10 bits per heavy atom. The van der Waals surface area contributed by atoms with E-state index in [1.807, 2.05) is 0 Å². The van der Waals surface area contributed by atoms with Gasteiger partial charge in [-0.2, -0.15) is 0 Å². The van der Waals surface area contributed by atoms with Gasteiger partial charge in [-0.05, 0) is 30.5 Å². The van der Waals surface area contributed by atoms with Gasteiger partial charge in [0.15, 0.2) is 0 Å². The van der Waals surface area contributed by atoms with Crippen molar-refractivity contribution >= 4 is 21.6 Å². The lowest BCUT2D eigenvalue weighted by Gasteiger charge is -2.21. The number of rotatable bonds is 7. The lowest BCUT2D eigenvalue weighted by Crippen LogP contribution is -2.22. The molecule has 0 bridgehead atoms. The number of benzene rings is 2. The summed E-state index contributed by atoms with van der Waals surface area (Å²) in [4.78, 5) is 0. The average Bonchev–Trinajstić information content (AvgIpc) is 2.51. The maximum Gasteiger partial charge on any atom is 0.0744 e. The first kappa shape index (κ1) is 16.1. The van der Waals surface area contributed by atoms with E-state index in [1.54, 1.807) is 7.11 Å². The van der Waals surface area contributed by atoms with Gasteiger partial charge in [-0.25, -0.2) is 0 Å². The molecule has 112 valence electrons. The van der Waals surface area contributed by atoms with Crippen LogP contribution < -0.4 is 5.32 Å². The summed E-state index contributed by atoms with van der Waals surface area (Å²) in [6.07, 6.45) is 2.10. The average molecular weight is 348 g/mol. The van der Waals surface area contributed by atoms with E-state index < -0.39 is 0 Å². The number of methoxy groups -OCH3 is 1. The number of ether oxygens (including phenoxy) is 1. The molecule has 2 nitrogen and oxygen atoms in total. The van der Waals surface area contributed by atoms with Crippen LogP contribution in [0, 0.1) is 0 Å². The third kappa shape index (κ3) is 4.58. The summed E-state index contributed by atoms with van der Waals surface area (Å²) in [5.41, 5.74) is 3.68. The molecule has 1 N–H and O–H groups in total. The fourth-order valence-electron chi connectivity index (χ4n) is 2.40. The van der Waals surface area contributed by atoms with Crippen molar-refractivity contribution in [3.8, 4) is 0 Å². The van der Waals surface area contributed by atoms with E-state index in [0.29, 0.717) is 12.6 Å². The molecule has 2 rings (SSSR count). The van der Waals surface area contributed by atoms with Gasteiger partial charge in [-0.1, -0.05) is 59.3 Å². The van der Waals surface area contributed by atoms with Crippen molar-refractivity contribution in [2.24, 2.45) is 0 Å². The van der Waals surface area contributed by atoms with Crippen molar-refractivity contribution < 1.29 is 4.74 Å². The standard InChI is InChI=1S/C18H22BrNO/c1-3-15(12-14-8-5-4-6-9-14)20-18-11-7-10-17(19)16(18)13-21-2/h4-11,15,20H,3,12-13H2,1-2H3. The van der Waals surface area contributed by atoms with Crippen LogP contribution in [0.25, 0.3) is 0 Å². The van der Waals surface area contributed by atoms with Crippen LogP contribution in [-0.4, -0.2) is 13.2 Å².